The van der Waals surface area contributed by atoms with Gasteiger partial charge in [0.1, 0.15) is 0 Å². The topological polar surface area (TPSA) is 81.8 Å². The van der Waals surface area contributed by atoms with E-state index in [1.54, 1.807) is 6.07 Å². The monoisotopic (exact) mass is 384 g/mol. The molecule has 6 heteroatoms. The summed E-state index contributed by atoms with van der Waals surface area (Å²) < 4.78 is 0. The van der Waals surface area contributed by atoms with Gasteiger partial charge < -0.3 is 0 Å². The number of benzene rings is 3. The number of halogens is 2. The van der Waals surface area contributed by atoms with E-state index < -0.39 is 0 Å². The Morgan fingerprint density at radius 2 is 1.08 bits per heavy atom. The summed E-state index contributed by atoms with van der Waals surface area (Å²) in [4.78, 5) is 16.7. The molecule has 3 aromatic rings. The molecule has 0 radical (unpaired) electrons. The fourth-order valence-electron chi connectivity index (χ4n) is 2.30. The van der Waals surface area contributed by atoms with E-state index in [9.17, 15) is 0 Å². The zero-order chi connectivity index (χ0) is 19.4. The third kappa shape index (κ3) is 5.82. The van der Waals surface area contributed by atoms with Crippen molar-refractivity contribution < 1.29 is 9.59 Å². The summed E-state index contributed by atoms with van der Waals surface area (Å²) in [5.41, 5.74) is 4.36. The number of hydrogen-bond acceptors (Lipinski definition) is 4. The molecule has 0 atom stereocenters. The second-order valence-electron chi connectivity index (χ2n) is 4.72. The second-order valence-corrected chi connectivity index (χ2v) is 5.50. The van der Waals surface area contributed by atoms with Gasteiger partial charge in [0.25, 0.3) is 0 Å². The lowest BCUT2D eigenvalue weighted by molar-refractivity contribution is 0.562. The van der Waals surface area contributed by atoms with Crippen molar-refractivity contribution >= 4 is 35.4 Å². The van der Waals surface area contributed by atoms with Crippen LogP contribution < -0.4 is 0 Å². The summed E-state index contributed by atoms with van der Waals surface area (Å²) in [6, 6.07) is 24.2. The van der Waals surface area contributed by atoms with E-state index in [1.807, 2.05) is 42.5 Å². The van der Waals surface area contributed by atoms with Gasteiger partial charge in [0.05, 0.1) is 10.0 Å². The van der Waals surface area contributed by atoms with Crippen LogP contribution >= 0.6 is 23.2 Å². The first-order valence-corrected chi connectivity index (χ1v) is 8.02. The molecular weight excluding hydrogens is 371 g/mol. The van der Waals surface area contributed by atoms with Crippen molar-refractivity contribution in [2.75, 3.05) is 0 Å². The SMILES string of the molecule is Clc1cccc(-c2ccccc2-c2ccccc2)c1Cl.N=C=O.N=C=O. The third-order valence-corrected chi connectivity index (χ3v) is 4.07. The Labute approximate surface area is 161 Å². The first-order chi connectivity index (χ1) is 12.6. The summed E-state index contributed by atoms with van der Waals surface area (Å²) in [5, 5.41) is 12.0. The highest BCUT2D eigenvalue weighted by atomic mass is 35.5. The molecule has 0 saturated carbocycles. The third-order valence-electron chi connectivity index (χ3n) is 3.25. The summed E-state index contributed by atoms with van der Waals surface area (Å²) in [6.07, 6.45) is 1.50. The molecule has 0 saturated heterocycles. The zero-order valence-corrected chi connectivity index (χ0v) is 15.0. The van der Waals surface area contributed by atoms with Crippen molar-refractivity contribution in [1.82, 2.24) is 0 Å². The van der Waals surface area contributed by atoms with Crippen LogP contribution in [0.1, 0.15) is 0 Å². The van der Waals surface area contributed by atoms with E-state index in [4.69, 9.17) is 43.6 Å². The van der Waals surface area contributed by atoms with Crippen LogP contribution in [0.2, 0.25) is 10.0 Å². The normalized spacial score (nSPS) is 8.69. The zero-order valence-electron chi connectivity index (χ0n) is 13.5. The van der Waals surface area contributed by atoms with E-state index in [0.717, 1.165) is 28.9 Å². The maximum atomic E-state index is 8.35. The maximum Gasteiger partial charge on any atom is 0.231 e. The Hall–Kier alpha value is -3.00. The summed E-state index contributed by atoms with van der Waals surface area (Å²) in [6.45, 7) is 0. The van der Waals surface area contributed by atoms with E-state index in [1.165, 1.54) is 5.56 Å². The van der Waals surface area contributed by atoms with Gasteiger partial charge in [-0.1, -0.05) is 89.9 Å². The highest BCUT2D eigenvalue weighted by Crippen LogP contribution is 2.38. The van der Waals surface area contributed by atoms with Crippen LogP contribution in [0.3, 0.4) is 0 Å². The van der Waals surface area contributed by atoms with E-state index in [2.05, 4.69) is 24.3 Å². The quantitative estimate of drug-likeness (QED) is 0.411. The minimum Gasteiger partial charge on any atom is -0.222 e. The fourth-order valence-corrected chi connectivity index (χ4v) is 2.70. The molecule has 0 aliphatic carbocycles. The maximum absolute atomic E-state index is 8.35. The Morgan fingerprint density at radius 1 is 0.615 bits per heavy atom. The van der Waals surface area contributed by atoms with Gasteiger partial charge in [0.15, 0.2) is 0 Å². The summed E-state index contributed by atoms with van der Waals surface area (Å²) >= 11 is 12.5. The molecular formula is C20H14Cl2N2O2. The lowest BCUT2D eigenvalue weighted by atomic mass is 9.95. The van der Waals surface area contributed by atoms with Crippen molar-refractivity contribution in [3.05, 3.63) is 82.8 Å². The largest absolute Gasteiger partial charge is 0.231 e. The lowest BCUT2D eigenvalue weighted by Gasteiger charge is -2.12. The van der Waals surface area contributed by atoms with Crippen molar-refractivity contribution in [1.29, 1.82) is 10.8 Å². The molecule has 0 aromatic heterocycles. The molecule has 0 fully saturated rings. The highest BCUT2D eigenvalue weighted by Gasteiger charge is 2.11. The van der Waals surface area contributed by atoms with Crippen LogP contribution in [0.15, 0.2) is 72.8 Å². The highest BCUT2D eigenvalue weighted by molar-refractivity contribution is 6.43. The van der Waals surface area contributed by atoms with Gasteiger partial charge in [-0.3, -0.25) is 0 Å². The van der Waals surface area contributed by atoms with Gasteiger partial charge in [0.2, 0.25) is 12.2 Å². The van der Waals surface area contributed by atoms with Crippen LogP contribution in [0.4, 0.5) is 0 Å². The van der Waals surface area contributed by atoms with Gasteiger partial charge in [-0.2, -0.15) is 0 Å². The summed E-state index contributed by atoms with van der Waals surface area (Å²) in [7, 11) is 0. The van der Waals surface area contributed by atoms with Crippen molar-refractivity contribution in [2.45, 2.75) is 0 Å². The van der Waals surface area contributed by atoms with Crippen LogP contribution in [0.5, 0.6) is 0 Å². The number of nitrogens with one attached hydrogen (secondary N) is 2. The molecule has 0 bridgehead atoms. The average molecular weight is 385 g/mol. The first kappa shape index (κ1) is 21.0. The molecule has 0 heterocycles. The Bertz CT molecular complexity index is 904. The molecule has 26 heavy (non-hydrogen) atoms. The van der Waals surface area contributed by atoms with Crippen molar-refractivity contribution in [2.24, 2.45) is 0 Å². The molecule has 0 aliphatic heterocycles. The molecule has 0 spiro atoms. The van der Waals surface area contributed by atoms with Crippen LogP contribution in [0.25, 0.3) is 22.3 Å². The number of rotatable bonds is 2. The van der Waals surface area contributed by atoms with E-state index in [-0.39, 0.29) is 0 Å². The van der Waals surface area contributed by atoms with Gasteiger partial charge in [-0.15, -0.1) is 0 Å². The predicted octanol–water partition coefficient (Wildman–Crippen LogP) is 6.13. The number of hydrogen-bond donors (Lipinski definition) is 2. The Morgan fingerprint density at radius 3 is 1.65 bits per heavy atom. The molecule has 3 aromatic carbocycles. The van der Waals surface area contributed by atoms with Crippen LogP contribution in [0, 0.1) is 10.8 Å². The first-order valence-electron chi connectivity index (χ1n) is 7.27. The number of isocyanates is 2. The predicted molar refractivity (Wildman–Crippen MR) is 104 cm³/mol. The molecule has 3 rings (SSSR count). The Balaban J connectivity index is 0.000000499. The molecule has 2 N–H and O–H groups in total. The minimum atomic E-state index is 0.576. The Kier molecular flexibility index (Phi) is 9.34. The van der Waals surface area contributed by atoms with E-state index in [0.29, 0.717) is 10.0 Å². The van der Waals surface area contributed by atoms with Gasteiger partial charge in [-0.05, 0) is 22.8 Å². The molecule has 0 unspecified atom stereocenters. The number of carbonyl (C=O) groups excluding carboxylic acids is 2. The fraction of sp³-hybridized carbons (Fsp3) is 0. The smallest absolute Gasteiger partial charge is 0.222 e. The molecule has 0 amide bonds. The van der Waals surface area contributed by atoms with E-state index >= 15 is 0 Å². The van der Waals surface area contributed by atoms with Crippen molar-refractivity contribution in [3.8, 4) is 22.3 Å². The minimum absolute atomic E-state index is 0.576. The van der Waals surface area contributed by atoms with Gasteiger partial charge in [0, 0.05) is 5.56 Å². The van der Waals surface area contributed by atoms with Gasteiger partial charge >= 0.3 is 0 Å². The molecule has 0 aliphatic rings. The molecule has 130 valence electrons. The average Bonchev–Trinajstić information content (AvgIpc) is 2.66. The van der Waals surface area contributed by atoms with Crippen LogP contribution in [-0.4, -0.2) is 12.2 Å². The standard InChI is InChI=1S/C18H12Cl2.2CHNO/c19-17-12-6-11-16(18(17)20)15-10-5-4-9-14(15)13-7-2-1-3-8-13;2*2-1-3/h1-12H;2*2H. The summed E-state index contributed by atoms with van der Waals surface area (Å²) in [5.74, 6) is 0. The lowest BCUT2D eigenvalue weighted by Crippen LogP contribution is -1.86. The van der Waals surface area contributed by atoms with Gasteiger partial charge in [-0.25, -0.2) is 20.4 Å². The van der Waals surface area contributed by atoms with Crippen molar-refractivity contribution in [3.63, 3.8) is 0 Å². The second kappa shape index (κ2) is 11.5. The van der Waals surface area contributed by atoms with Crippen LogP contribution in [-0.2, 0) is 9.59 Å². The molecule has 4 nitrogen and oxygen atoms in total.